The number of ether oxygens (including phenoxy) is 3. The standard InChI is InChI=1S/C37H43N5O7.CHCl3/c1-8-22-17-27(32(43)41-24-13-11-23(12-14-24)31(38)39)26(18-29(22)47-7)25-15-16-28(33(44)40-19-21-9-10-21)42-30(25)34(45)48-35(20(2)3)49-36(46)37(4,5)6;2-1(3)4/h8,11-18,20-21,35H,1,9-10,19H2,2-7H3,(H3,38,39)(H,40,44)(H,41,43);1H. The molecule has 0 aliphatic heterocycles. The molecule has 0 spiro atoms. The zero-order valence-electron chi connectivity index (χ0n) is 30.4. The van der Waals surface area contributed by atoms with Crippen LogP contribution in [0.25, 0.3) is 17.2 Å². The molecule has 1 aliphatic carbocycles. The number of amides is 2. The minimum Gasteiger partial charge on any atom is -0.496 e. The Kier molecular flexibility index (Phi) is 15.3. The topological polar surface area (TPSA) is 183 Å². The van der Waals surface area contributed by atoms with Gasteiger partial charge in [0, 0.05) is 46.0 Å². The van der Waals surface area contributed by atoms with Crippen molar-refractivity contribution in [3.05, 3.63) is 83.2 Å². The van der Waals surface area contributed by atoms with E-state index in [-0.39, 0.29) is 33.9 Å². The molecule has 0 bridgehead atoms. The van der Waals surface area contributed by atoms with Crippen molar-refractivity contribution < 1.29 is 33.4 Å². The lowest BCUT2D eigenvalue weighted by atomic mass is 9.94. The lowest BCUT2D eigenvalue weighted by Gasteiger charge is -2.25. The predicted molar refractivity (Wildman–Crippen MR) is 208 cm³/mol. The van der Waals surface area contributed by atoms with E-state index in [1.807, 2.05) is 0 Å². The third-order valence-electron chi connectivity index (χ3n) is 7.75. The molecule has 5 N–H and O–H groups in total. The van der Waals surface area contributed by atoms with Crippen molar-refractivity contribution >= 4 is 76.2 Å². The molecule has 1 aliphatic rings. The fraction of sp³-hybridized carbons (Fsp3) is 0.368. The van der Waals surface area contributed by atoms with E-state index >= 15 is 0 Å². The molecular formula is C38H44Cl3N5O7. The average molecular weight is 789 g/mol. The van der Waals surface area contributed by atoms with Gasteiger partial charge < -0.3 is 30.6 Å². The summed E-state index contributed by atoms with van der Waals surface area (Å²) < 4.78 is 16.2. The number of hydrogen-bond acceptors (Lipinski definition) is 9. The SMILES string of the molecule is C=Cc1cc(C(=O)Nc2ccc(C(=N)N)cc2)c(-c2ccc(C(=O)NCC3CC3)nc2C(=O)OC(OC(=O)C(C)(C)C)C(C)C)cc1OC.ClC(Cl)Cl. The highest BCUT2D eigenvalue weighted by atomic mass is 35.6. The lowest BCUT2D eigenvalue weighted by molar-refractivity contribution is -0.184. The third-order valence-corrected chi connectivity index (χ3v) is 7.75. The Bertz CT molecular complexity index is 1840. The molecule has 15 heteroatoms. The fourth-order valence-corrected chi connectivity index (χ4v) is 4.62. The summed E-state index contributed by atoms with van der Waals surface area (Å²) in [6.07, 6.45) is 2.32. The highest BCUT2D eigenvalue weighted by Gasteiger charge is 2.32. The van der Waals surface area contributed by atoms with Crippen LogP contribution >= 0.6 is 34.8 Å². The number of pyridine rings is 1. The van der Waals surface area contributed by atoms with E-state index in [1.54, 1.807) is 71.0 Å². The highest BCUT2D eigenvalue weighted by Crippen LogP contribution is 2.35. The molecule has 4 rings (SSSR count). The molecule has 0 saturated heterocycles. The van der Waals surface area contributed by atoms with Gasteiger partial charge in [-0.15, -0.1) is 0 Å². The van der Waals surface area contributed by atoms with Crippen molar-refractivity contribution in [2.24, 2.45) is 23.0 Å². The summed E-state index contributed by atoms with van der Waals surface area (Å²) in [6, 6.07) is 12.5. The van der Waals surface area contributed by atoms with Crippen molar-refractivity contribution in [3.8, 4) is 16.9 Å². The predicted octanol–water partition coefficient (Wildman–Crippen LogP) is 7.79. The number of anilines is 1. The van der Waals surface area contributed by atoms with E-state index < -0.39 is 45.7 Å². The van der Waals surface area contributed by atoms with Crippen LogP contribution in [0, 0.1) is 22.7 Å². The van der Waals surface area contributed by atoms with Gasteiger partial charge in [0.1, 0.15) is 17.3 Å². The number of nitrogen functional groups attached to an aromatic ring is 1. The molecule has 1 saturated carbocycles. The molecular weight excluding hydrogens is 745 g/mol. The summed E-state index contributed by atoms with van der Waals surface area (Å²) in [5.74, 6) is -2.32. The van der Waals surface area contributed by atoms with Gasteiger partial charge in [-0.05, 0) is 88.1 Å². The maximum Gasteiger partial charge on any atom is 0.360 e. The van der Waals surface area contributed by atoms with Crippen LogP contribution in [0.1, 0.15) is 89.9 Å². The molecule has 2 amide bonds. The number of aromatic nitrogens is 1. The smallest absolute Gasteiger partial charge is 0.360 e. The number of methoxy groups -OCH3 is 1. The Labute approximate surface area is 324 Å². The minimum atomic E-state index is -1.26. The number of benzene rings is 2. The summed E-state index contributed by atoms with van der Waals surface area (Å²) >= 11 is 14.4. The van der Waals surface area contributed by atoms with E-state index in [9.17, 15) is 19.2 Å². The normalized spacial score (nSPS) is 12.9. The fourth-order valence-electron chi connectivity index (χ4n) is 4.62. The van der Waals surface area contributed by atoms with Gasteiger partial charge in [0.05, 0.1) is 12.5 Å². The Morgan fingerprint density at radius 3 is 2.13 bits per heavy atom. The molecule has 1 fully saturated rings. The number of carbonyl (C=O) groups is 4. The first-order valence-corrected chi connectivity index (χ1v) is 17.9. The Morgan fingerprint density at radius 2 is 1.62 bits per heavy atom. The quantitative estimate of drug-likeness (QED) is 0.0442. The van der Waals surface area contributed by atoms with Crippen LogP contribution in [0.3, 0.4) is 0 Å². The third kappa shape index (κ3) is 12.5. The van der Waals surface area contributed by atoms with Crippen molar-refractivity contribution in [2.75, 3.05) is 19.0 Å². The van der Waals surface area contributed by atoms with Crippen LogP contribution in [-0.4, -0.2) is 58.8 Å². The summed E-state index contributed by atoms with van der Waals surface area (Å²) in [4.78, 5) is 58.2. The summed E-state index contributed by atoms with van der Waals surface area (Å²) in [5.41, 5.74) is 6.37. The number of alkyl halides is 3. The van der Waals surface area contributed by atoms with Gasteiger partial charge in [-0.3, -0.25) is 19.8 Å². The van der Waals surface area contributed by atoms with E-state index in [2.05, 4.69) is 22.2 Å². The number of nitrogens with two attached hydrogens (primary N) is 1. The number of halogens is 3. The lowest BCUT2D eigenvalue weighted by Crippen LogP contribution is -2.34. The Balaban J connectivity index is 0.00000180. The van der Waals surface area contributed by atoms with E-state index in [4.69, 9.17) is 60.2 Å². The van der Waals surface area contributed by atoms with Crippen LogP contribution < -0.4 is 21.1 Å². The van der Waals surface area contributed by atoms with Crippen LogP contribution in [0.5, 0.6) is 5.75 Å². The number of rotatable bonds is 13. The largest absolute Gasteiger partial charge is 0.496 e. The van der Waals surface area contributed by atoms with Gasteiger partial charge in [0.25, 0.3) is 11.8 Å². The molecule has 284 valence electrons. The molecule has 2 aromatic carbocycles. The second-order valence-electron chi connectivity index (χ2n) is 13.5. The summed E-state index contributed by atoms with van der Waals surface area (Å²) in [7, 11) is 1.46. The molecule has 12 nitrogen and oxygen atoms in total. The van der Waals surface area contributed by atoms with Gasteiger partial charge in [0.15, 0.2) is 9.99 Å². The van der Waals surface area contributed by atoms with Crippen molar-refractivity contribution in [1.29, 1.82) is 5.41 Å². The minimum absolute atomic E-state index is 0.0321. The first-order chi connectivity index (χ1) is 24.9. The van der Waals surface area contributed by atoms with Gasteiger partial charge in [-0.1, -0.05) is 61.3 Å². The van der Waals surface area contributed by atoms with Crippen molar-refractivity contribution in [1.82, 2.24) is 10.3 Å². The van der Waals surface area contributed by atoms with Gasteiger partial charge in [-0.2, -0.15) is 0 Å². The van der Waals surface area contributed by atoms with E-state index in [0.717, 1.165) is 12.8 Å². The second-order valence-corrected chi connectivity index (χ2v) is 15.4. The van der Waals surface area contributed by atoms with Crippen molar-refractivity contribution in [2.45, 2.75) is 58.0 Å². The van der Waals surface area contributed by atoms with Crippen LogP contribution in [0.15, 0.2) is 55.1 Å². The first-order valence-electron chi connectivity index (χ1n) is 16.6. The van der Waals surface area contributed by atoms with Crippen LogP contribution in [0.4, 0.5) is 5.69 Å². The molecule has 3 aromatic rings. The number of esters is 2. The number of nitrogens with zero attached hydrogens (tertiary/aromatic N) is 1. The van der Waals surface area contributed by atoms with Gasteiger partial charge in [-0.25, -0.2) is 9.78 Å². The number of hydrogen-bond donors (Lipinski definition) is 4. The maximum atomic E-state index is 14.0. The highest BCUT2D eigenvalue weighted by molar-refractivity contribution is 6.63. The molecule has 0 radical (unpaired) electrons. The molecule has 1 unspecified atom stereocenters. The number of amidine groups is 1. The van der Waals surface area contributed by atoms with Gasteiger partial charge >= 0.3 is 11.9 Å². The summed E-state index contributed by atoms with van der Waals surface area (Å²) in [5, 5.41) is 13.3. The second kappa shape index (κ2) is 18.9. The van der Waals surface area contributed by atoms with Gasteiger partial charge in [0.2, 0.25) is 6.29 Å². The monoisotopic (exact) mass is 787 g/mol. The summed E-state index contributed by atoms with van der Waals surface area (Å²) in [6.45, 7) is 12.8. The molecule has 53 heavy (non-hydrogen) atoms. The Morgan fingerprint density at radius 1 is 1.00 bits per heavy atom. The first kappa shape index (κ1) is 42.8. The van der Waals surface area contributed by atoms with E-state index in [0.29, 0.717) is 35.0 Å². The molecule has 1 aromatic heterocycles. The van der Waals surface area contributed by atoms with Crippen LogP contribution in [-0.2, 0) is 14.3 Å². The molecule has 1 atom stereocenters. The average Bonchev–Trinajstić information content (AvgIpc) is 3.93. The van der Waals surface area contributed by atoms with Crippen LogP contribution in [0.2, 0.25) is 0 Å². The Hall–Kier alpha value is -4.65. The van der Waals surface area contributed by atoms with E-state index in [1.165, 1.54) is 25.3 Å². The zero-order chi connectivity index (χ0) is 39.6. The number of nitrogens with one attached hydrogen (secondary N) is 3. The maximum absolute atomic E-state index is 14.0. The zero-order valence-corrected chi connectivity index (χ0v) is 32.6. The van der Waals surface area contributed by atoms with Crippen molar-refractivity contribution in [3.63, 3.8) is 0 Å². The number of carbonyl (C=O) groups excluding carboxylic acids is 4. The molecule has 1 heterocycles.